The fourth-order valence-corrected chi connectivity index (χ4v) is 2.63. The van der Waals surface area contributed by atoms with Gasteiger partial charge in [-0.1, -0.05) is 6.07 Å². The van der Waals surface area contributed by atoms with Crippen molar-refractivity contribution in [1.82, 2.24) is 14.9 Å². The number of carbonyl (C=O) groups excluding carboxylic acids is 1. The molecule has 2 aromatic rings. The predicted molar refractivity (Wildman–Crippen MR) is 77.1 cm³/mol. The van der Waals surface area contributed by atoms with Crippen molar-refractivity contribution >= 4 is 17.2 Å². The summed E-state index contributed by atoms with van der Waals surface area (Å²) >= 11 is 1.75. The largest absolute Gasteiger partial charge is 0.356 e. The smallest absolute Gasteiger partial charge is 0.220 e. The minimum Gasteiger partial charge on any atom is -0.356 e. The number of carbonyl (C=O) groups is 1. The lowest BCUT2D eigenvalue weighted by Crippen LogP contribution is -2.24. The first-order valence-corrected chi connectivity index (χ1v) is 7.47. The number of hydrogen-bond acceptors (Lipinski definition) is 3. The number of imidazole rings is 1. The maximum absolute atomic E-state index is 11.6. The van der Waals surface area contributed by atoms with Gasteiger partial charge in [-0.05, 0) is 30.7 Å². The molecule has 0 aliphatic rings. The Morgan fingerprint density at radius 2 is 2.37 bits per heavy atom. The molecule has 0 aliphatic carbocycles. The Labute approximate surface area is 117 Å². The zero-order valence-corrected chi connectivity index (χ0v) is 11.7. The number of nitrogens with one attached hydrogen (secondary N) is 1. The van der Waals surface area contributed by atoms with Crippen LogP contribution in [0.5, 0.6) is 0 Å². The van der Waals surface area contributed by atoms with Crippen LogP contribution in [-0.4, -0.2) is 22.0 Å². The maximum Gasteiger partial charge on any atom is 0.220 e. The molecule has 0 unspecified atom stereocenters. The number of thiophene rings is 1. The highest BCUT2D eigenvalue weighted by molar-refractivity contribution is 7.09. The molecular formula is C14H19N3OS. The molecule has 0 spiro atoms. The molecule has 102 valence electrons. The average molecular weight is 277 g/mol. The third kappa shape index (κ3) is 5.26. The molecule has 1 amide bonds. The third-order valence-electron chi connectivity index (χ3n) is 2.88. The molecule has 0 atom stereocenters. The summed E-state index contributed by atoms with van der Waals surface area (Å²) in [5.41, 5.74) is 0. The SMILES string of the molecule is O=C(CCCc1cccs1)NCCCn1ccnc1. The van der Waals surface area contributed by atoms with E-state index in [9.17, 15) is 4.79 Å². The lowest BCUT2D eigenvalue weighted by atomic mass is 10.2. The molecule has 2 rings (SSSR count). The number of amides is 1. The van der Waals surface area contributed by atoms with E-state index in [-0.39, 0.29) is 5.91 Å². The molecule has 2 heterocycles. The van der Waals surface area contributed by atoms with E-state index in [4.69, 9.17) is 0 Å². The first-order valence-electron chi connectivity index (χ1n) is 6.59. The van der Waals surface area contributed by atoms with E-state index < -0.39 is 0 Å². The molecule has 0 aliphatic heterocycles. The summed E-state index contributed by atoms with van der Waals surface area (Å²) in [7, 11) is 0. The Kier molecular flexibility index (Phi) is 5.62. The van der Waals surface area contributed by atoms with Crippen LogP contribution in [0.1, 0.15) is 24.1 Å². The van der Waals surface area contributed by atoms with Crippen molar-refractivity contribution in [3.63, 3.8) is 0 Å². The highest BCUT2D eigenvalue weighted by Crippen LogP contribution is 2.11. The van der Waals surface area contributed by atoms with Gasteiger partial charge in [0.15, 0.2) is 0 Å². The summed E-state index contributed by atoms with van der Waals surface area (Å²) in [6.07, 6.45) is 8.97. The highest BCUT2D eigenvalue weighted by Gasteiger charge is 2.01. The predicted octanol–water partition coefficient (Wildman–Crippen LogP) is 2.47. The monoisotopic (exact) mass is 277 g/mol. The summed E-state index contributed by atoms with van der Waals surface area (Å²) in [5, 5.41) is 5.03. The van der Waals surface area contributed by atoms with Crippen molar-refractivity contribution in [3.05, 3.63) is 41.1 Å². The molecule has 0 saturated heterocycles. The number of hydrogen-bond donors (Lipinski definition) is 1. The van der Waals surface area contributed by atoms with E-state index in [1.54, 1.807) is 23.9 Å². The summed E-state index contributed by atoms with van der Waals surface area (Å²) in [5.74, 6) is 0.155. The number of aryl methyl sites for hydroxylation is 2. The quantitative estimate of drug-likeness (QED) is 0.754. The van der Waals surface area contributed by atoms with Gasteiger partial charge in [-0.15, -0.1) is 11.3 Å². The van der Waals surface area contributed by atoms with Crippen molar-refractivity contribution in [1.29, 1.82) is 0 Å². The van der Waals surface area contributed by atoms with Gasteiger partial charge in [0.2, 0.25) is 5.91 Å². The van der Waals surface area contributed by atoms with Gasteiger partial charge in [0.1, 0.15) is 0 Å². The number of aromatic nitrogens is 2. The molecular weight excluding hydrogens is 258 g/mol. The van der Waals surface area contributed by atoms with Crippen LogP contribution in [0, 0.1) is 0 Å². The normalized spacial score (nSPS) is 10.5. The summed E-state index contributed by atoms with van der Waals surface area (Å²) in [4.78, 5) is 16.9. The molecule has 1 N–H and O–H groups in total. The van der Waals surface area contributed by atoms with Crippen LogP contribution in [0.3, 0.4) is 0 Å². The van der Waals surface area contributed by atoms with Gasteiger partial charge >= 0.3 is 0 Å². The summed E-state index contributed by atoms with van der Waals surface area (Å²) in [6, 6.07) is 4.17. The van der Waals surface area contributed by atoms with Gasteiger partial charge in [0, 0.05) is 36.8 Å². The number of rotatable bonds is 8. The van der Waals surface area contributed by atoms with Crippen LogP contribution in [0.25, 0.3) is 0 Å². The van der Waals surface area contributed by atoms with Crippen LogP contribution in [0.2, 0.25) is 0 Å². The Morgan fingerprint density at radius 1 is 1.42 bits per heavy atom. The molecule has 2 aromatic heterocycles. The van der Waals surface area contributed by atoms with Gasteiger partial charge < -0.3 is 9.88 Å². The van der Waals surface area contributed by atoms with Gasteiger partial charge in [-0.25, -0.2) is 4.98 Å². The zero-order valence-electron chi connectivity index (χ0n) is 10.9. The lowest BCUT2D eigenvalue weighted by Gasteiger charge is -2.05. The van der Waals surface area contributed by atoms with E-state index >= 15 is 0 Å². The molecule has 0 saturated carbocycles. The van der Waals surface area contributed by atoms with Crippen LogP contribution in [0.4, 0.5) is 0 Å². The summed E-state index contributed by atoms with van der Waals surface area (Å²) in [6.45, 7) is 1.63. The minimum absolute atomic E-state index is 0.155. The van der Waals surface area contributed by atoms with E-state index in [1.165, 1.54) is 4.88 Å². The van der Waals surface area contributed by atoms with Gasteiger partial charge in [-0.2, -0.15) is 0 Å². The van der Waals surface area contributed by atoms with Crippen LogP contribution >= 0.6 is 11.3 Å². The van der Waals surface area contributed by atoms with Gasteiger partial charge in [0.05, 0.1) is 6.33 Å². The first kappa shape index (κ1) is 13.8. The van der Waals surface area contributed by atoms with E-state index in [0.29, 0.717) is 6.42 Å². The van der Waals surface area contributed by atoms with Crippen LogP contribution < -0.4 is 5.32 Å². The molecule has 0 radical (unpaired) electrons. The third-order valence-corrected chi connectivity index (χ3v) is 3.82. The van der Waals surface area contributed by atoms with Crippen molar-refractivity contribution in [2.75, 3.05) is 6.54 Å². The van der Waals surface area contributed by atoms with Crippen molar-refractivity contribution in [2.24, 2.45) is 0 Å². The van der Waals surface area contributed by atoms with Crippen LogP contribution in [0.15, 0.2) is 36.2 Å². The second kappa shape index (κ2) is 7.74. The Bertz CT molecular complexity index is 465. The molecule has 0 aromatic carbocycles. The number of nitrogens with zero attached hydrogens (tertiary/aromatic N) is 2. The van der Waals surface area contributed by atoms with Crippen molar-refractivity contribution in [2.45, 2.75) is 32.2 Å². The van der Waals surface area contributed by atoms with Crippen molar-refractivity contribution in [3.8, 4) is 0 Å². The van der Waals surface area contributed by atoms with Crippen molar-refractivity contribution < 1.29 is 4.79 Å². The highest BCUT2D eigenvalue weighted by atomic mass is 32.1. The summed E-state index contributed by atoms with van der Waals surface area (Å²) < 4.78 is 2.02. The van der Waals surface area contributed by atoms with Gasteiger partial charge in [0.25, 0.3) is 0 Å². The van der Waals surface area contributed by atoms with E-state index in [2.05, 4.69) is 27.8 Å². The van der Waals surface area contributed by atoms with Gasteiger partial charge in [-0.3, -0.25) is 4.79 Å². The molecule has 19 heavy (non-hydrogen) atoms. The Morgan fingerprint density at radius 3 is 3.11 bits per heavy atom. The second-order valence-electron chi connectivity index (χ2n) is 4.44. The standard InChI is InChI=1S/C14H19N3OS/c18-14(6-1-4-13-5-2-11-19-13)16-7-3-9-17-10-8-15-12-17/h2,5,8,10-12H,1,3-4,6-7,9H2,(H,16,18). The topological polar surface area (TPSA) is 46.9 Å². The molecule has 0 bridgehead atoms. The Hall–Kier alpha value is -1.62. The zero-order chi connectivity index (χ0) is 13.3. The molecule has 5 heteroatoms. The second-order valence-corrected chi connectivity index (χ2v) is 5.47. The fourth-order valence-electron chi connectivity index (χ4n) is 1.87. The molecule has 4 nitrogen and oxygen atoms in total. The molecule has 0 fully saturated rings. The lowest BCUT2D eigenvalue weighted by molar-refractivity contribution is -0.121. The van der Waals surface area contributed by atoms with E-state index in [1.807, 2.05) is 10.8 Å². The maximum atomic E-state index is 11.6. The average Bonchev–Trinajstić information content (AvgIpc) is 3.07. The minimum atomic E-state index is 0.155. The first-order chi connectivity index (χ1) is 9.34. The van der Waals surface area contributed by atoms with E-state index in [0.717, 1.165) is 32.4 Å². The fraction of sp³-hybridized carbons (Fsp3) is 0.429. The Balaban J connectivity index is 1.50. The van der Waals surface area contributed by atoms with Crippen LogP contribution in [-0.2, 0) is 17.8 Å².